The first kappa shape index (κ1) is 20.8. The summed E-state index contributed by atoms with van der Waals surface area (Å²) in [4.78, 5) is 19.1. The van der Waals surface area contributed by atoms with E-state index in [2.05, 4.69) is 6.58 Å². The average Bonchev–Trinajstić information content (AvgIpc) is 2.32. The molecule has 0 aliphatic heterocycles. The second kappa shape index (κ2) is 12.5. The number of carbonyl (C=O) groups is 2. The van der Waals surface area contributed by atoms with E-state index in [0.29, 0.717) is 6.42 Å². The van der Waals surface area contributed by atoms with Crippen molar-refractivity contribution in [2.45, 2.75) is 57.5 Å². The fraction of sp³-hybridized carbons (Fsp3) is 0.692. The van der Waals surface area contributed by atoms with Crippen LogP contribution in [-0.2, 0) is 9.59 Å². The highest BCUT2D eigenvalue weighted by atomic mass is 19.4. The van der Waals surface area contributed by atoms with Gasteiger partial charge in [0, 0.05) is 6.42 Å². The number of alkyl halides is 3. The van der Waals surface area contributed by atoms with Gasteiger partial charge in [0.1, 0.15) is 0 Å². The zero-order valence-corrected chi connectivity index (χ0v) is 11.3. The molecule has 0 aliphatic rings. The smallest absolute Gasteiger partial charge is 0.481 e. The van der Waals surface area contributed by atoms with Crippen LogP contribution in [0.2, 0.25) is 0 Å². The Morgan fingerprint density at radius 1 is 0.950 bits per heavy atom. The Labute approximate surface area is 116 Å². The molecule has 0 saturated carbocycles. The molecule has 0 amide bonds. The maximum atomic E-state index is 10.6. The number of unbranched alkanes of at least 4 members (excludes halogenated alkanes) is 6. The van der Waals surface area contributed by atoms with Gasteiger partial charge in [0.2, 0.25) is 0 Å². The van der Waals surface area contributed by atoms with E-state index in [1.165, 1.54) is 25.7 Å². The van der Waals surface area contributed by atoms with E-state index in [1.54, 1.807) is 0 Å². The van der Waals surface area contributed by atoms with Gasteiger partial charge in [0.15, 0.2) is 0 Å². The minimum atomic E-state index is -5.08. The molecule has 0 aliphatic carbocycles. The molecule has 0 aromatic rings. The van der Waals surface area contributed by atoms with Crippen LogP contribution in [0.5, 0.6) is 0 Å². The lowest BCUT2D eigenvalue weighted by Crippen LogP contribution is -2.21. The molecule has 0 fully saturated rings. The Hall–Kier alpha value is -1.53. The summed E-state index contributed by atoms with van der Waals surface area (Å²) in [6, 6.07) is 0. The third kappa shape index (κ3) is 18.8. The van der Waals surface area contributed by atoms with Crippen LogP contribution in [0.15, 0.2) is 12.7 Å². The molecule has 0 aromatic carbocycles. The highest BCUT2D eigenvalue weighted by Crippen LogP contribution is 2.13. The Kier molecular flexibility index (Phi) is 13.0. The molecule has 0 spiro atoms. The van der Waals surface area contributed by atoms with Gasteiger partial charge in [0.05, 0.1) is 0 Å². The van der Waals surface area contributed by atoms with Crippen LogP contribution in [0.4, 0.5) is 13.2 Å². The summed E-state index contributed by atoms with van der Waals surface area (Å²) < 4.78 is 31.7. The minimum absolute atomic E-state index is 0.326. The van der Waals surface area contributed by atoms with Gasteiger partial charge in [-0.25, -0.2) is 4.79 Å². The summed E-state index contributed by atoms with van der Waals surface area (Å²) in [7, 11) is 0. The first-order chi connectivity index (χ1) is 9.21. The zero-order valence-electron chi connectivity index (χ0n) is 11.3. The Morgan fingerprint density at radius 2 is 1.35 bits per heavy atom. The Bertz CT molecular complexity index is 288. The third-order valence-corrected chi connectivity index (χ3v) is 2.29. The molecule has 0 heterocycles. The lowest BCUT2D eigenvalue weighted by Gasteiger charge is -1.98. The summed E-state index contributed by atoms with van der Waals surface area (Å²) in [6.07, 6.45) is 5.06. The number of hydrogen-bond donors (Lipinski definition) is 2. The molecule has 20 heavy (non-hydrogen) atoms. The highest BCUT2D eigenvalue weighted by Gasteiger charge is 2.38. The fourth-order valence-corrected chi connectivity index (χ4v) is 1.27. The van der Waals surface area contributed by atoms with Gasteiger partial charge in [-0.05, 0) is 19.3 Å². The molecule has 0 radical (unpaired) electrons. The normalized spacial score (nSPS) is 10.3. The molecule has 4 nitrogen and oxygen atoms in total. The van der Waals surface area contributed by atoms with Gasteiger partial charge in [-0.3, -0.25) is 4.79 Å². The van der Waals surface area contributed by atoms with Crippen LogP contribution in [0.25, 0.3) is 0 Å². The van der Waals surface area contributed by atoms with Crippen molar-refractivity contribution in [3.8, 4) is 0 Å². The number of carboxylic acids is 2. The molecule has 0 atom stereocenters. The fourth-order valence-electron chi connectivity index (χ4n) is 1.27. The topological polar surface area (TPSA) is 74.6 Å². The van der Waals surface area contributed by atoms with Crippen LogP contribution in [0.3, 0.4) is 0 Å². The van der Waals surface area contributed by atoms with Gasteiger partial charge < -0.3 is 10.2 Å². The van der Waals surface area contributed by atoms with Gasteiger partial charge in [-0.1, -0.05) is 31.8 Å². The maximum Gasteiger partial charge on any atom is 0.490 e. The molecule has 0 aromatic heterocycles. The van der Waals surface area contributed by atoms with E-state index in [9.17, 15) is 18.0 Å². The van der Waals surface area contributed by atoms with Crippen molar-refractivity contribution in [1.82, 2.24) is 0 Å². The van der Waals surface area contributed by atoms with E-state index in [4.69, 9.17) is 15.0 Å². The van der Waals surface area contributed by atoms with E-state index in [-0.39, 0.29) is 0 Å². The summed E-state index contributed by atoms with van der Waals surface area (Å²) in [5, 5.41) is 15.5. The average molecular weight is 298 g/mol. The van der Waals surface area contributed by atoms with E-state index < -0.39 is 18.1 Å². The highest BCUT2D eigenvalue weighted by molar-refractivity contribution is 5.73. The molecular formula is C13H21F3O4. The largest absolute Gasteiger partial charge is 0.490 e. The van der Waals surface area contributed by atoms with Crippen molar-refractivity contribution in [1.29, 1.82) is 0 Å². The number of carboxylic acid groups (broad SMARTS) is 2. The minimum Gasteiger partial charge on any atom is -0.481 e. The first-order valence-electron chi connectivity index (χ1n) is 6.34. The van der Waals surface area contributed by atoms with Crippen molar-refractivity contribution >= 4 is 11.9 Å². The van der Waals surface area contributed by atoms with Crippen LogP contribution in [-0.4, -0.2) is 28.3 Å². The molecule has 7 heteroatoms. The molecule has 0 bridgehead atoms. The Balaban J connectivity index is 0. The number of aliphatic carboxylic acids is 2. The predicted molar refractivity (Wildman–Crippen MR) is 68.5 cm³/mol. The van der Waals surface area contributed by atoms with E-state index in [0.717, 1.165) is 19.3 Å². The van der Waals surface area contributed by atoms with Crippen molar-refractivity contribution < 1.29 is 33.0 Å². The summed E-state index contributed by atoms with van der Waals surface area (Å²) in [5.74, 6) is -3.43. The number of allylic oxidation sites excluding steroid dienone is 1. The SMILES string of the molecule is C=CCCCCCCCCC(=O)O.O=C(O)C(F)(F)F. The van der Waals surface area contributed by atoms with Crippen molar-refractivity contribution in [2.75, 3.05) is 0 Å². The Morgan fingerprint density at radius 3 is 1.70 bits per heavy atom. The van der Waals surface area contributed by atoms with Gasteiger partial charge >= 0.3 is 18.1 Å². The maximum absolute atomic E-state index is 10.6. The second-order valence-corrected chi connectivity index (χ2v) is 4.15. The lowest BCUT2D eigenvalue weighted by molar-refractivity contribution is -0.192. The monoisotopic (exact) mass is 298 g/mol. The first-order valence-corrected chi connectivity index (χ1v) is 6.34. The number of halogens is 3. The van der Waals surface area contributed by atoms with Crippen LogP contribution >= 0.6 is 0 Å². The van der Waals surface area contributed by atoms with Gasteiger partial charge in [0.25, 0.3) is 0 Å². The summed E-state index contributed by atoms with van der Waals surface area (Å²) >= 11 is 0. The summed E-state index contributed by atoms with van der Waals surface area (Å²) in [5.41, 5.74) is 0. The molecule has 2 N–H and O–H groups in total. The van der Waals surface area contributed by atoms with Gasteiger partial charge in [-0.2, -0.15) is 13.2 Å². The molecule has 0 saturated heterocycles. The zero-order chi connectivity index (χ0) is 16.0. The molecule has 0 unspecified atom stereocenters. The lowest BCUT2D eigenvalue weighted by atomic mass is 10.1. The predicted octanol–water partition coefficient (Wildman–Crippen LogP) is 4.01. The number of rotatable bonds is 9. The van der Waals surface area contributed by atoms with Crippen LogP contribution in [0, 0.1) is 0 Å². The third-order valence-electron chi connectivity index (χ3n) is 2.29. The molecule has 0 rings (SSSR count). The standard InChI is InChI=1S/C11H20O2.C2HF3O2/c1-2-3-4-5-6-7-8-9-10-11(12)13;3-2(4,5)1(6)7/h2H,1,3-10H2,(H,12,13);(H,6,7). The molecular weight excluding hydrogens is 277 g/mol. The van der Waals surface area contributed by atoms with Crippen molar-refractivity contribution in [3.63, 3.8) is 0 Å². The summed E-state index contributed by atoms with van der Waals surface area (Å²) in [6.45, 7) is 3.66. The second-order valence-electron chi connectivity index (χ2n) is 4.15. The number of hydrogen-bond acceptors (Lipinski definition) is 2. The van der Waals surface area contributed by atoms with Crippen LogP contribution < -0.4 is 0 Å². The van der Waals surface area contributed by atoms with E-state index in [1.807, 2.05) is 6.08 Å². The van der Waals surface area contributed by atoms with Crippen molar-refractivity contribution in [3.05, 3.63) is 12.7 Å². The van der Waals surface area contributed by atoms with Gasteiger partial charge in [-0.15, -0.1) is 6.58 Å². The molecule has 118 valence electrons. The quantitative estimate of drug-likeness (QED) is 0.498. The van der Waals surface area contributed by atoms with Crippen LogP contribution in [0.1, 0.15) is 51.4 Å². The van der Waals surface area contributed by atoms with Crippen molar-refractivity contribution in [2.24, 2.45) is 0 Å². The van der Waals surface area contributed by atoms with E-state index >= 15 is 0 Å².